The fourth-order valence-electron chi connectivity index (χ4n) is 1.91. The minimum absolute atomic E-state index is 0.502. The molecule has 2 aromatic heterocycles. The Morgan fingerprint density at radius 3 is 2.72 bits per heavy atom. The third kappa shape index (κ3) is 3.00. The van der Waals surface area contributed by atoms with Crippen molar-refractivity contribution in [2.45, 2.75) is 27.2 Å². The van der Waals surface area contributed by atoms with Crippen LogP contribution < -0.4 is 5.73 Å². The molecule has 18 heavy (non-hydrogen) atoms. The molecular formula is C14H20N2OS. The Kier molecular flexibility index (Phi) is 4.19. The number of furan rings is 1. The second-order valence-electron chi connectivity index (χ2n) is 4.98. The molecule has 3 nitrogen and oxygen atoms in total. The molecule has 2 rings (SSSR count). The lowest BCUT2D eigenvalue weighted by Crippen LogP contribution is -2.22. The van der Waals surface area contributed by atoms with Crippen LogP contribution in [0.1, 0.15) is 24.6 Å². The van der Waals surface area contributed by atoms with Crippen molar-refractivity contribution < 1.29 is 4.42 Å². The van der Waals surface area contributed by atoms with Crippen LogP contribution in [-0.4, -0.2) is 11.5 Å². The molecule has 0 saturated heterocycles. The summed E-state index contributed by atoms with van der Waals surface area (Å²) in [5.74, 6) is 2.86. The quantitative estimate of drug-likeness (QED) is 0.899. The van der Waals surface area contributed by atoms with E-state index in [0.717, 1.165) is 28.6 Å². The van der Waals surface area contributed by atoms with Gasteiger partial charge in [-0.3, -0.25) is 0 Å². The van der Waals surface area contributed by atoms with Gasteiger partial charge in [-0.05, 0) is 37.4 Å². The van der Waals surface area contributed by atoms with Crippen molar-refractivity contribution in [1.29, 1.82) is 0 Å². The minimum atomic E-state index is 0.502. The molecule has 4 heteroatoms. The van der Waals surface area contributed by atoms with Gasteiger partial charge in [0, 0.05) is 11.8 Å². The number of hydrogen-bond donors (Lipinski definition) is 1. The van der Waals surface area contributed by atoms with Gasteiger partial charge in [0.15, 0.2) is 5.76 Å². The molecule has 0 aromatic carbocycles. The zero-order valence-corrected chi connectivity index (χ0v) is 12.0. The average molecular weight is 264 g/mol. The summed E-state index contributed by atoms with van der Waals surface area (Å²) in [7, 11) is 0. The second-order valence-corrected chi connectivity index (χ2v) is 5.92. The van der Waals surface area contributed by atoms with E-state index in [-0.39, 0.29) is 0 Å². The van der Waals surface area contributed by atoms with Gasteiger partial charge in [-0.15, -0.1) is 11.3 Å². The third-order valence-corrected chi connectivity index (χ3v) is 4.10. The van der Waals surface area contributed by atoms with Gasteiger partial charge in [0.2, 0.25) is 0 Å². The molecule has 0 aliphatic heterocycles. The van der Waals surface area contributed by atoms with Crippen molar-refractivity contribution >= 4 is 11.3 Å². The van der Waals surface area contributed by atoms with Gasteiger partial charge in [0.25, 0.3) is 0 Å². The Bertz CT molecular complexity index is 501. The molecule has 0 aliphatic carbocycles. The van der Waals surface area contributed by atoms with E-state index < -0.39 is 0 Å². The SMILES string of the molecule is Cc1ccc(-c2csc(CC(CN)C(C)C)n2)o1. The highest BCUT2D eigenvalue weighted by atomic mass is 32.1. The summed E-state index contributed by atoms with van der Waals surface area (Å²) < 4.78 is 5.58. The number of hydrogen-bond acceptors (Lipinski definition) is 4. The van der Waals surface area contributed by atoms with E-state index in [1.165, 1.54) is 0 Å². The fourth-order valence-corrected chi connectivity index (χ4v) is 2.78. The van der Waals surface area contributed by atoms with E-state index in [1.807, 2.05) is 19.1 Å². The molecule has 0 bridgehead atoms. The molecule has 0 aliphatic rings. The molecule has 2 N–H and O–H groups in total. The molecule has 0 amide bonds. The standard InChI is InChI=1S/C14H20N2OS/c1-9(2)11(7-15)6-14-16-12(8-18-14)13-5-4-10(3)17-13/h4-5,8-9,11H,6-7,15H2,1-3H3. The molecule has 0 spiro atoms. The predicted molar refractivity (Wildman–Crippen MR) is 75.6 cm³/mol. The summed E-state index contributed by atoms with van der Waals surface area (Å²) in [4.78, 5) is 4.63. The number of aryl methyl sites for hydroxylation is 1. The van der Waals surface area contributed by atoms with Crippen molar-refractivity contribution in [3.63, 3.8) is 0 Å². The first-order chi connectivity index (χ1) is 8.60. The van der Waals surface area contributed by atoms with Crippen LogP contribution in [0.4, 0.5) is 0 Å². The van der Waals surface area contributed by atoms with Gasteiger partial charge in [-0.1, -0.05) is 13.8 Å². The van der Waals surface area contributed by atoms with Crippen molar-refractivity contribution in [1.82, 2.24) is 4.98 Å². The van der Waals surface area contributed by atoms with Gasteiger partial charge in [-0.25, -0.2) is 4.98 Å². The Labute approximate surface area is 112 Å². The van der Waals surface area contributed by atoms with Crippen LogP contribution >= 0.6 is 11.3 Å². The van der Waals surface area contributed by atoms with Crippen molar-refractivity contribution in [3.05, 3.63) is 28.3 Å². The smallest absolute Gasteiger partial charge is 0.153 e. The highest BCUT2D eigenvalue weighted by Crippen LogP contribution is 2.26. The zero-order chi connectivity index (χ0) is 13.1. The van der Waals surface area contributed by atoms with E-state index in [4.69, 9.17) is 10.2 Å². The third-order valence-electron chi connectivity index (χ3n) is 3.23. The van der Waals surface area contributed by atoms with Gasteiger partial charge < -0.3 is 10.2 Å². The fraction of sp³-hybridized carbons (Fsp3) is 0.500. The summed E-state index contributed by atoms with van der Waals surface area (Å²) in [6, 6.07) is 3.93. The monoisotopic (exact) mass is 264 g/mol. The Morgan fingerprint density at radius 2 is 2.17 bits per heavy atom. The molecular weight excluding hydrogens is 244 g/mol. The zero-order valence-electron chi connectivity index (χ0n) is 11.1. The maximum atomic E-state index is 5.80. The molecule has 98 valence electrons. The largest absolute Gasteiger partial charge is 0.460 e. The maximum absolute atomic E-state index is 5.80. The predicted octanol–water partition coefficient (Wildman–Crippen LogP) is 3.48. The maximum Gasteiger partial charge on any atom is 0.153 e. The highest BCUT2D eigenvalue weighted by Gasteiger charge is 2.15. The molecule has 0 saturated carbocycles. The molecule has 2 aromatic rings. The van der Waals surface area contributed by atoms with Crippen molar-refractivity contribution in [2.24, 2.45) is 17.6 Å². The molecule has 0 fully saturated rings. The first-order valence-corrected chi connectivity index (χ1v) is 7.19. The van der Waals surface area contributed by atoms with Crippen LogP contribution in [0.2, 0.25) is 0 Å². The van der Waals surface area contributed by atoms with Crippen LogP contribution in [-0.2, 0) is 6.42 Å². The Morgan fingerprint density at radius 1 is 1.39 bits per heavy atom. The van der Waals surface area contributed by atoms with E-state index in [1.54, 1.807) is 11.3 Å². The molecule has 0 radical (unpaired) electrons. The van der Waals surface area contributed by atoms with E-state index >= 15 is 0 Å². The first kappa shape index (κ1) is 13.3. The van der Waals surface area contributed by atoms with Crippen molar-refractivity contribution in [3.8, 4) is 11.5 Å². The number of nitrogens with two attached hydrogens (primary N) is 1. The second kappa shape index (κ2) is 5.67. The van der Waals surface area contributed by atoms with Crippen LogP contribution in [0.25, 0.3) is 11.5 Å². The summed E-state index contributed by atoms with van der Waals surface area (Å²) in [6.07, 6.45) is 0.957. The summed E-state index contributed by atoms with van der Waals surface area (Å²) in [5, 5.41) is 3.20. The van der Waals surface area contributed by atoms with Gasteiger partial charge in [0.1, 0.15) is 11.5 Å². The lowest BCUT2D eigenvalue weighted by Gasteiger charge is -2.16. The van der Waals surface area contributed by atoms with Crippen LogP contribution in [0.15, 0.2) is 21.9 Å². The van der Waals surface area contributed by atoms with E-state index in [9.17, 15) is 0 Å². The van der Waals surface area contributed by atoms with E-state index in [2.05, 4.69) is 24.2 Å². The summed E-state index contributed by atoms with van der Waals surface area (Å²) in [5.41, 5.74) is 6.73. The molecule has 1 unspecified atom stereocenters. The lowest BCUT2D eigenvalue weighted by atomic mass is 9.93. The van der Waals surface area contributed by atoms with Crippen LogP contribution in [0, 0.1) is 18.8 Å². The minimum Gasteiger partial charge on any atom is -0.460 e. The number of rotatable bonds is 5. The Balaban J connectivity index is 2.11. The number of thiazole rings is 1. The number of nitrogens with zero attached hydrogens (tertiary/aromatic N) is 1. The summed E-state index contributed by atoms with van der Waals surface area (Å²) in [6.45, 7) is 7.08. The van der Waals surface area contributed by atoms with Crippen LogP contribution in [0.5, 0.6) is 0 Å². The Hall–Kier alpha value is -1.13. The van der Waals surface area contributed by atoms with Gasteiger partial charge in [0.05, 0.1) is 5.01 Å². The summed E-state index contributed by atoms with van der Waals surface area (Å²) >= 11 is 1.69. The van der Waals surface area contributed by atoms with Crippen molar-refractivity contribution in [2.75, 3.05) is 6.54 Å². The van der Waals surface area contributed by atoms with E-state index in [0.29, 0.717) is 18.4 Å². The van der Waals surface area contributed by atoms with Crippen LogP contribution in [0.3, 0.4) is 0 Å². The molecule has 2 heterocycles. The average Bonchev–Trinajstić information content (AvgIpc) is 2.94. The van der Waals surface area contributed by atoms with Gasteiger partial charge in [-0.2, -0.15) is 0 Å². The normalized spacial score (nSPS) is 13.2. The lowest BCUT2D eigenvalue weighted by molar-refractivity contribution is 0.391. The first-order valence-electron chi connectivity index (χ1n) is 6.31. The topological polar surface area (TPSA) is 52.0 Å². The van der Waals surface area contributed by atoms with Gasteiger partial charge >= 0.3 is 0 Å². The number of aromatic nitrogens is 1. The molecule has 1 atom stereocenters. The highest BCUT2D eigenvalue weighted by molar-refractivity contribution is 7.09.